The molecule has 0 spiro atoms. The molecule has 1 aromatic heterocycles. The lowest BCUT2D eigenvalue weighted by Gasteiger charge is -1.95. The Morgan fingerprint density at radius 2 is 2.42 bits per heavy atom. The standard InChI is InChI=1S/C8H7ClN2S/c9-7-4-6(2-1-3-12)8(10)11-5-7/h4-5,12H,3H2,(H2,10,11). The first-order valence-corrected chi connectivity index (χ1v) is 4.26. The molecule has 1 heterocycles. The Labute approximate surface area is 81.5 Å². The van der Waals surface area contributed by atoms with Crippen molar-refractivity contribution in [3.05, 3.63) is 22.8 Å². The Bertz CT molecular complexity index is 341. The lowest BCUT2D eigenvalue weighted by molar-refractivity contribution is 1.32. The van der Waals surface area contributed by atoms with Crippen LogP contribution in [0.4, 0.5) is 5.82 Å². The highest BCUT2D eigenvalue weighted by Crippen LogP contribution is 2.13. The summed E-state index contributed by atoms with van der Waals surface area (Å²) in [4.78, 5) is 3.85. The minimum Gasteiger partial charge on any atom is -0.383 e. The van der Waals surface area contributed by atoms with Gasteiger partial charge in [0.25, 0.3) is 0 Å². The maximum absolute atomic E-state index is 5.69. The van der Waals surface area contributed by atoms with Gasteiger partial charge in [0.2, 0.25) is 0 Å². The molecule has 4 heteroatoms. The molecule has 0 amide bonds. The van der Waals surface area contributed by atoms with Crippen LogP contribution in [0.5, 0.6) is 0 Å². The first kappa shape index (κ1) is 9.24. The zero-order valence-electron chi connectivity index (χ0n) is 6.21. The van der Waals surface area contributed by atoms with Gasteiger partial charge in [-0.05, 0) is 6.07 Å². The van der Waals surface area contributed by atoms with E-state index in [1.54, 1.807) is 6.07 Å². The maximum atomic E-state index is 5.69. The molecule has 12 heavy (non-hydrogen) atoms. The minimum absolute atomic E-state index is 0.397. The van der Waals surface area contributed by atoms with Gasteiger partial charge in [0.05, 0.1) is 16.3 Å². The van der Waals surface area contributed by atoms with E-state index in [9.17, 15) is 0 Å². The van der Waals surface area contributed by atoms with Gasteiger partial charge < -0.3 is 5.73 Å². The molecule has 0 radical (unpaired) electrons. The summed E-state index contributed by atoms with van der Waals surface area (Å²) in [6, 6.07) is 1.68. The van der Waals surface area contributed by atoms with Crippen molar-refractivity contribution in [3.63, 3.8) is 0 Å². The summed E-state index contributed by atoms with van der Waals surface area (Å²) in [6.45, 7) is 0. The number of pyridine rings is 1. The molecule has 0 saturated carbocycles. The third-order valence-corrected chi connectivity index (χ3v) is 1.55. The Kier molecular flexibility index (Phi) is 3.27. The van der Waals surface area contributed by atoms with E-state index < -0.39 is 0 Å². The highest BCUT2D eigenvalue weighted by Gasteiger charge is 1.96. The number of anilines is 1. The smallest absolute Gasteiger partial charge is 0.139 e. The van der Waals surface area contributed by atoms with Gasteiger partial charge in [-0.2, -0.15) is 12.6 Å². The van der Waals surface area contributed by atoms with E-state index in [-0.39, 0.29) is 0 Å². The van der Waals surface area contributed by atoms with E-state index in [4.69, 9.17) is 17.3 Å². The number of rotatable bonds is 0. The molecule has 0 aromatic carbocycles. The Hall–Kier alpha value is -0.850. The van der Waals surface area contributed by atoms with Crippen molar-refractivity contribution in [2.24, 2.45) is 0 Å². The van der Waals surface area contributed by atoms with Crippen LogP contribution in [0.1, 0.15) is 5.56 Å². The van der Waals surface area contributed by atoms with E-state index in [0.717, 1.165) is 0 Å². The summed E-state index contributed by atoms with van der Waals surface area (Å²) in [5.74, 6) is 6.46. The lowest BCUT2D eigenvalue weighted by Crippen LogP contribution is -1.93. The van der Waals surface area contributed by atoms with Crippen LogP contribution in [-0.4, -0.2) is 10.7 Å². The third kappa shape index (κ3) is 2.33. The number of aromatic nitrogens is 1. The number of nitrogens with two attached hydrogens (primary N) is 1. The monoisotopic (exact) mass is 198 g/mol. The van der Waals surface area contributed by atoms with Gasteiger partial charge in [0.1, 0.15) is 5.82 Å². The lowest BCUT2D eigenvalue weighted by atomic mass is 10.2. The fourth-order valence-corrected chi connectivity index (χ4v) is 0.922. The Morgan fingerprint density at radius 3 is 3.08 bits per heavy atom. The molecule has 1 rings (SSSR count). The number of thiol groups is 1. The zero-order valence-corrected chi connectivity index (χ0v) is 7.86. The molecular weight excluding hydrogens is 192 g/mol. The van der Waals surface area contributed by atoms with Crippen molar-refractivity contribution in [3.8, 4) is 11.8 Å². The Morgan fingerprint density at radius 1 is 1.67 bits per heavy atom. The van der Waals surface area contributed by atoms with E-state index in [1.807, 2.05) is 0 Å². The van der Waals surface area contributed by atoms with Gasteiger partial charge in [0.15, 0.2) is 0 Å². The third-order valence-electron chi connectivity index (χ3n) is 1.19. The molecule has 62 valence electrons. The predicted molar refractivity (Wildman–Crippen MR) is 54.4 cm³/mol. The first-order valence-electron chi connectivity index (χ1n) is 3.25. The summed E-state index contributed by atoms with van der Waals surface area (Å²) in [5.41, 5.74) is 6.18. The van der Waals surface area contributed by atoms with Gasteiger partial charge in [0, 0.05) is 6.20 Å². The minimum atomic E-state index is 0.397. The van der Waals surface area contributed by atoms with Crippen molar-refractivity contribution >= 4 is 30.0 Å². The Balaban J connectivity index is 3.05. The molecule has 2 N–H and O–H groups in total. The number of nitrogen functional groups attached to an aromatic ring is 1. The van der Waals surface area contributed by atoms with E-state index in [2.05, 4.69) is 29.5 Å². The number of nitrogens with zero attached hydrogens (tertiary/aromatic N) is 1. The zero-order chi connectivity index (χ0) is 8.97. The van der Waals surface area contributed by atoms with Crippen molar-refractivity contribution in [1.82, 2.24) is 4.98 Å². The molecule has 0 fully saturated rings. The molecule has 0 unspecified atom stereocenters. The van der Waals surface area contributed by atoms with Gasteiger partial charge >= 0.3 is 0 Å². The molecule has 0 bridgehead atoms. The second-order valence-electron chi connectivity index (χ2n) is 2.05. The van der Waals surface area contributed by atoms with Crippen LogP contribution in [0.15, 0.2) is 12.3 Å². The van der Waals surface area contributed by atoms with Gasteiger partial charge in [-0.3, -0.25) is 0 Å². The normalized spacial score (nSPS) is 8.83. The molecule has 0 aliphatic carbocycles. The first-order chi connectivity index (χ1) is 5.74. The second-order valence-corrected chi connectivity index (χ2v) is 2.80. The molecule has 0 aliphatic heterocycles. The average Bonchev–Trinajstić information content (AvgIpc) is 2.07. The summed E-state index contributed by atoms with van der Waals surface area (Å²) in [5, 5.41) is 0.535. The molecule has 2 nitrogen and oxygen atoms in total. The van der Waals surface area contributed by atoms with Crippen LogP contribution in [0, 0.1) is 11.8 Å². The van der Waals surface area contributed by atoms with Crippen molar-refractivity contribution in [2.75, 3.05) is 11.5 Å². The molecule has 0 aliphatic rings. The summed E-state index contributed by atoms with van der Waals surface area (Å²) in [7, 11) is 0. The van der Waals surface area contributed by atoms with Crippen LogP contribution in [0.2, 0.25) is 5.02 Å². The molecule has 0 atom stereocenters. The van der Waals surface area contributed by atoms with Crippen LogP contribution in [0.3, 0.4) is 0 Å². The quantitative estimate of drug-likeness (QED) is 0.491. The van der Waals surface area contributed by atoms with Gasteiger partial charge in [-0.1, -0.05) is 23.4 Å². The SMILES string of the molecule is Nc1ncc(Cl)cc1C#CCS. The van der Waals surface area contributed by atoms with E-state index >= 15 is 0 Å². The molecule has 1 aromatic rings. The number of hydrogen-bond acceptors (Lipinski definition) is 3. The maximum Gasteiger partial charge on any atom is 0.139 e. The van der Waals surface area contributed by atoms with E-state index in [1.165, 1.54) is 6.20 Å². The number of hydrogen-bond donors (Lipinski definition) is 2. The summed E-state index contributed by atoms with van der Waals surface area (Å²) in [6.07, 6.45) is 1.49. The topological polar surface area (TPSA) is 38.9 Å². The van der Waals surface area contributed by atoms with Crippen molar-refractivity contribution < 1.29 is 0 Å². The van der Waals surface area contributed by atoms with Crippen molar-refractivity contribution in [1.29, 1.82) is 0 Å². The molecular formula is C8H7ClN2S. The second kappa shape index (κ2) is 4.24. The van der Waals surface area contributed by atoms with Crippen LogP contribution < -0.4 is 5.73 Å². The molecule has 0 saturated heterocycles. The van der Waals surface area contributed by atoms with Gasteiger partial charge in [-0.25, -0.2) is 4.98 Å². The summed E-state index contributed by atoms with van der Waals surface area (Å²) < 4.78 is 0. The summed E-state index contributed by atoms with van der Waals surface area (Å²) >= 11 is 9.63. The highest BCUT2D eigenvalue weighted by molar-refractivity contribution is 7.80. The largest absolute Gasteiger partial charge is 0.383 e. The number of halogens is 1. The highest BCUT2D eigenvalue weighted by atomic mass is 35.5. The predicted octanol–water partition coefficient (Wildman–Crippen LogP) is 1.60. The van der Waals surface area contributed by atoms with Crippen LogP contribution in [-0.2, 0) is 0 Å². The van der Waals surface area contributed by atoms with Crippen LogP contribution in [0.25, 0.3) is 0 Å². The van der Waals surface area contributed by atoms with Crippen molar-refractivity contribution in [2.45, 2.75) is 0 Å². The fourth-order valence-electron chi connectivity index (χ4n) is 0.685. The van der Waals surface area contributed by atoms with E-state index in [0.29, 0.717) is 22.2 Å². The van der Waals surface area contributed by atoms with Crippen LogP contribution >= 0.6 is 24.2 Å². The average molecular weight is 199 g/mol. The van der Waals surface area contributed by atoms with Gasteiger partial charge in [-0.15, -0.1) is 0 Å². The fraction of sp³-hybridized carbons (Fsp3) is 0.125.